The van der Waals surface area contributed by atoms with Gasteiger partial charge in [0.15, 0.2) is 0 Å². The number of nitrogens with one attached hydrogen (secondary N) is 1. The molecule has 0 bridgehead atoms. The van der Waals surface area contributed by atoms with E-state index in [0.717, 1.165) is 13.1 Å². The van der Waals surface area contributed by atoms with Crippen LogP contribution in [-0.2, 0) is 0 Å². The molecule has 3 nitrogen and oxygen atoms in total. The number of rotatable bonds is 4. The smallest absolute Gasteiger partial charge is 0.406 e. The van der Waals surface area contributed by atoms with E-state index in [0.29, 0.717) is 18.7 Å². The Bertz CT molecular complexity index is 438. The molecule has 2 rings (SSSR count). The van der Waals surface area contributed by atoms with Crippen LogP contribution in [0.2, 0.25) is 0 Å². The third-order valence-electron chi connectivity index (χ3n) is 3.21. The molecule has 21 heavy (non-hydrogen) atoms. The van der Waals surface area contributed by atoms with Crippen LogP contribution in [0.5, 0.6) is 5.75 Å². The molecule has 0 aliphatic carbocycles. The highest BCUT2D eigenvalue weighted by molar-refractivity contribution is 5.85. The van der Waals surface area contributed by atoms with Gasteiger partial charge in [-0.15, -0.1) is 25.6 Å². The molecule has 1 aliphatic rings. The third kappa shape index (κ3) is 5.33. The molecule has 120 valence electrons. The molecule has 1 atom stereocenters. The van der Waals surface area contributed by atoms with Crippen molar-refractivity contribution in [2.24, 2.45) is 0 Å². The number of ether oxygens (including phenoxy) is 1. The van der Waals surface area contributed by atoms with Gasteiger partial charge in [0.25, 0.3) is 0 Å². The fraction of sp³-hybridized carbons (Fsp3) is 0.538. The van der Waals surface area contributed by atoms with Crippen molar-refractivity contribution in [2.45, 2.75) is 12.4 Å². The van der Waals surface area contributed by atoms with Gasteiger partial charge in [0.1, 0.15) is 12.4 Å². The normalized spacial score (nSPS) is 17.9. The summed E-state index contributed by atoms with van der Waals surface area (Å²) in [5.74, 6) is -0.316. The van der Waals surface area contributed by atoms with Crippen LogP contribution in [0.1, 0.15) is 11.6 Å². The van der Waals surface area contributed by atoms with Crippen LogP contribution < -0.4 is 10.1 Å². The number of alkyl halides is 4. The average Bonchev–Trinajstić information content (AvgIpc) is 2.39. The Balaban J connectivity index is 0.00000220. The summed E-state index contributed by atoms with van der Waals surface area (Å²) in [4.78, 5) is 1.92. The Morgan fingerprint density at radius 1 is 1.24 bits per heavy atom. The van der Waals surface area contributed by atoms with Crippen LogP contribution in [0.15, 0.2) is 24.3 Å². The van der Waals surface area contributed by atoms with Gasteiger partial charge in [0.2, 0.25) is 0 Å². The first-order valence-electron chi connectivity index (χ1n) is 6.36. The maximum Gasteiger partial charge on any atom is 0.573 e. The Kier molecular flexibility index (Phi) is 6.70. The summed E-state index contributed by atoms with van der Waals surface area (Å²) in [5.41, 5.74) is 0.496. The first-order valence-corrected chi connectivity index (χ1v) is 6.36. The van der Waals surface area contributed by atoms with Gasteiger partial charge >= 0.3 is 6.36 Å². The topological polar surface area (TPSA) is 24.5 Å². The van der Waals surface area contributed by atoms with Gasteiger partial charge in [-0.3, -0.25) is 4.90 Å². The standard InChI is InChI=1S/C13H16F4N2O.ClH/c14-9-12(19-6-4-18-5-7-19)10-2-1-3-11(8-10)20-13(15,16)17;/h1-3,8,12,18H,4-7,9H2;1H/t12-;/m1./s1. The summed E-state index contributed by atoms with van der Waals surface area (Å²) in [6, 6.07) is 4.99. The van der Waals surface area contributed by atoms with E-state index in [9.17, 15) is 17.6 Å². The number of nitrogens with zero attached hydrogens (tertiary/aromatic N) is 1. The zero-order valence-electron chi connectivity index (χ0n) is 11.2. The first-order chi connectivity index (χ1) is 9.49. The highest BCUT2D eigenvalue weighted by atomic mass is 35.5. The highest BCUT2D eigenvalue weighted by Gasteiger charge is 2.31. The molecule has 1 aromatic carbocycles. The van der Waals surface area contributed by atoms with Gasteiger partial charge in [-0.1, -0.05) is 12.1 Å². The summed E-state index contributed by atoms with van der Waals surface area (Å²) >= 11 is 0. The lowest BCUT2D eigenvalue weighted by Gasteiger charge is -2.33. The Morgan fingerprint density at radius 3 is 2.48 bits per heavy atom. The van der Waals surface area contributed by atoms with Crippen molar-refractivity contribution >= 4 is 12.4 Å². The van der Waals surface area contributed by atoms with Crippen molar-refractivity contribution < 1.29 is 22.3 Å². The van der Waals surface area contributed by atoms with Crippen molar-refractivity contribution in [1.82, 2.24) is 10.2 Å². The van der Waals surface area contributed by atoms with Crippen molar-refractivity contribution in [3.05, 3.63) is 29.8 Å². The zero-order chi connectivity index (χ0) is 14.6. The lowest BCUT2D eigenvalue weighted by atomic mass is 10.1. The van der Waals surface area contributed by atoms with E-state index in [-0.39, 0.29) is 18.2 Å². The SMILES string of the molecule is Cl.FC[C@H](c1cccc(OC(F)(F)F)c1)N1CCNCC1. The molecule has 1 aromatic rings. The average molecular weight is 329 g/mol. The fourth-order valence-electron chi connectivity index (χ4n) is 2.31. The van der Waals surface area contributed by atoms with Gasteiger partial charge in [-0.2, -0.15) is 0 Å². The van der Waals surface area contributed by atoms with E-state index in [1.807, 2.05) is 4.90 Å². The number of hydrogen-bond donors (Lipinski definition) is 1. The van der Waals surface area contributed by atoms with E-state index >= 15 is 0 Å². The lowest BCUT2D eigenvalue weighted by molar-refractivity contribution is -0.274. The molecule has 1 N–H and O–H groups in total. The summed E-state index contributed by atoms with van der Waals surface area (Å²) in [7, 11) is 0. The molecule has 0 aromatic heterocycles. The van der Waals surface area contributed by atoms with E-state index in [1.54, 1.807) is 6.07 Å². The van der Waals surface area contributed by atoms with E-state index in [2.05, 4.69) is 10.1 Å². The van der Waals surface area contributed by atoms with Gasteiger partial charge in [-0.25, -0.2) is 4.39 Å². The van der Waals surface area contributed by atoms with Crippen LogP contribution in [0.4, 0.5) is 17.6 Å². The Morgan fingerprint density at radius 2 is 1.90 bits per heavy atom. The molecule has 1 aliphatic heterocycles. The van der Waals surface area contributed by atoms with Gasteiger partial charge in [-0.05, 0) is 17.7 Å². The fourth-order valence-corrected chi connectivity index (χ4v) is 2.31. The predicted molar refractivity (Wildman–Crippen MR) is 73.5 cm³/mol. The zero-order valence-corrected chi connectivity index (χ0v) is 12.0. The second kappa shape index (κ2) is 7.82. The van der Waals surface area contributed by atoms with Crippen LogP contribution in [0.25, 0.3) is 0 Å². The largest absolute Gasteiger partial charge is 0.573 e. The molecular formula is C13H17ClF4N2O. The summed E-state index contributed by atoms with van der Waals surface area (Å²) < 4.78 is 53.7. The molecule has 0 spiro atoms. The molecule has 1 heterocycles. The molecule has 1 fully saturated rings. The quantitative estimate of drug-likeness (QED) is 0.860. The number of benzene rings is 1. The van der Waals surface area contributed by atoms with E-state index in [1.165, 1.54) is 18.2 Å². The van der Waals surface area contributed by atoms with E-state index < -0.39 is 19.1 Å². The molecule has 0 unspecified atom stereocenters. The van der Waals surface area contributed by atoms with Gasteiger partial charge < -0.3 is 10.1 Å². The van der Waals surface area contributed by atoms with Gasteiger partial charge in [0, 0.05) is 26.2 Å². The molecule has 0 saturated carbocycles. The lowest BCUT2D eigenvalue weighted by Crippen LogP contribution is -2.45. The van der Waals surface area contributed by atoms with Crippen LogP contribution in [0.3, 0.4) is 0 Å². The molecule has 1 saturated heterocycles. The minimum atomic E-state index is -4.74. The van der Waals surface area contributed by atoms with Crippen LogP contribution in [-0.4, -0.2) is 44.1 Å². The number of piperazine rings is 1. The summed E-state index contributed by atoms with van der Waals surface area (Å²) in [5, 5.41) is 3.15. The maximum atomic E-state index is 13.3. The maximum absolute atomic E-state index is 13.3. The minimum absolute atomic E-state index is 0. The number of halogens is 5. The van der Waals surface area contributed by atoms with Crippen molar-refractivity contribution in [2.75, 3.05) is 32.9 Å². The van der Waals surface area contributed by atoms with Crippen LogP contribution in [0, 0.1) is 0 Å². The Labute approximate surface area is 126 Å². The minimum Gasteiger partial charge on any atom is -0.406 e. The van der Waals surface area contributed by atoms with Crippen molar-refractivity contribution in [3.63, 3.8) is 0 Å². The second-order valence-electron chi connectivity index (χ2n) is 4.58. The molecular weight excluding hydrogens is 312 g/mol. The van der Waals surface area contributed by atoms with E-state index in [4.69, 9.17) is 0 Å². The van der Waals surface area contributed by atoms with Crippen LogP contribution >= 0.6 is 12.4 Å². The number of hydrogen-bond acceptors (Lipinski definition) is 3. The Hall–Kier alpha value is -1.05. The highest BCUT2D eigenvalue weighted by Crippen LogP contribution is 2.28. The first kappa shape index (κ1) is 18.0. The summed E-state index contributed by atoms with van der Waals surface area (Å²) in [6.07, 6.45) is -4.74. The third-order valence-corrected chi connectivity index (χ3v) is 3.21. The molecule has 8 heteroatoms. The van der Waals surface area contributed by atoms with Gasteiger partial charge in [0.05, 0.1) is 6.04 Å². The summed E-state index contributed by atoms with van der Waals surface area (Å²) in [6.45, 7) is 2.18. The molecule has 0 amide bonds. The predicted octanol–water partition coefficient (Wildman–Crippen LogP) is 2.92. The monoisotopic (exact) mass is 328 g/mol. The molecule has 0 radical (unpaired) electrons. The van der Waals surface area contributed by atoms with Crippen molar-refractivity contribution in [3.8, 4) is 5.75 Å². The second-order valence-corrected chi connectivity index (χ2v) is 4.58. The van der Waals surface area contributed by atoms with Crippen molar-refractivity contribution in [1.29, 1.82) is 0 Å².